The van der Waals surface area contributed by atoms with Gasteiger partial charge in [-0.25, -0.2) is 4.98 Å². The van der Waals surface area contributed by atoms with Gasteiger partial charge in [0.1, 0.15) is 0 Å². The van der Waals surface area contributed by atoms with Gasteiger partial charge in [0.2, 0.25) is 5.89 Å². The van der Waals surface area contributed by atoms with E-state index in [1.807, 2.05) is 59.5 Å². The van der Waals surface area contributed by atoms with Crippen LogP contribution in [0, 0.1) is 0 Å². The highest BCUT2D eigenvalue weighted by molar-refractivity contribution is 6.00. The fourth-order valence-electron chi connectivity index (χ4n) is 4.62. The maximum Gasteiger partial charge on any atom is 0.254 e. The fraction of sp³-hybridized carbons (Fsp3) is 0.385. The molecule has 6 nitrogen and oxygen atoms in total. The highest BCUT2D eigenvalue weighted by atomic mass is 16.4. The van der Waals surface area contributed by atoms with Crippen molar-refractivity contribution in [2.75, 3.05) is 52.4 Å². The first-order valence-electron chi connectivity index (χ1n) is 11.6. The Morgan fingerprint density at radius 3 is 2.22 bits per heavy atom. The fourth-order valence-corrected chi connectivity index (χ4v) is 4.62. The summed E-state index contributed by atoms with van der Waals surface area (Å²) in [6.07, 6.45) is 4.39. The lowest BCUT2D eigenvalue weighted by Crippen LogP contribution is -2.50. The second-order valence-electron chi connectivity index (χ2n) is 8.62. The molecular weight excluding hydrogens is 400 g/mol. The van der Waals surface area contributed by atoms with Gasteiger partial charge in [-0.1, -0.05) is 42.5 Å². The number of piperazine rings is 1. The molecule has 6 heteroatoms. The summed E-state index contributed by atoms with van der Waals surface area (Å²) in [6.45, 7) is 8.09. The molecule has 0 radical (unpaired) electrons. The van der Waals surface area contributed by atoms with E-state index < -0.39 is 0 Å². The third kappa shape index (κ3) is 4.61. The van der Waals surface area contributed by atoms with Crippen LogP contribution in [0.4, 0.5) is 0 Å². The lowest BCUT2D eigenvalue weighted by Gasteiger charge is -2.35. The Morgan fingerprint density at radius 2 is 1.47 bits per heavy atom. The first kappa shape index (κ1) is 20.9. The number of likely N-dealkylation sites (tertiary alicyclic amines) is 1. The Balaban J connectivity index is 1.25. The van der Waals surface area contributed by atoms with Crippen LogP contribution in [-0.4, -0.2) is 77.9 Å². The Morgan fingerprint density at radius 1 is 0.812 bits per heavy atom. The van der Waals surface area contributed by atoms with Crippen molar-refractivity contribution in [3.63, 3.8) is 0 Å². The molecule has 2 fully saturated rings. The van der Waals surface area contributed by atoms with E-state index in [1.54, 1.807) is 6.20 Å². The molecule has 0 N–H and O–H groups in total. The van der Waals surface area contributed by atoms with Gasteiger partial charge in [0.25, 0.3) is 5.91 Å². The molecule has 1 aromatic heterocycles. The van der Waals surface area contributed by atoms with Crippen molar-refractivity contribution in [1.82, 2.24) is 19.7 Å². The van der Waals surface area contributed by atoms with E-state index in [2.05, 4.69) is 14.8 Å². The monoisotopic (exact) mass is 430 g/mol. The highest BCUT2D eigenvalue weighted by Crippen LogP contribution is 2.29. The molecule has 2 aromatic carbocycles. The molecule has 0 unspecified atom stereocenters. The Bertz CT molecular complexity index is 1030. The smallest absolute Gasteiger partial charge is 0.254 e. The minimum atomic E-state index is 0.0549. The van der Waals surface area contributed by atoms with Crippen LogP contribution in [0.15, 0.2) is 65.2 Å². The molecule has 2 aliphatic rings. The summed E-state index contributed by atoms with van der Waals surface area (Å²) in [5.74, 6) is 1.24. The zero-order chi connectivity index (χ0) is 21.8. The third-order valence-electron chi connectivity index (χ3n) is 6.54. The van der Waals surface area contributed by atoms with Gasteiger partial charge >= 0.3 is 0 Å². The van der Waals surface area contributed by atoms with E-state index in [0.717, 1.165) is 50.4 Å². The minimum absolute atomic E-state index is 0.0549. The Kier molecular flexibility index (Phi) is 6.32. The van der Waals surface area contributed by atoms with Gasteiger partial charge in [-0.3, -0.25) is 9.69 Å². The summed E-state index contributed by atoms with van der Waals surface area (Å²) >= 11 is 0. The van der Waals surface area contributed by atoms with Crippen molar-refractivity contribution < 1.29 is 9.21 Å². The van der Waals surface area contributed by atoms with E-state index in [4.69, 9.17) is 4.42 Å². The number of carbonyl (C=O) groups is 1. The van der Waals surface area contributed by atoms with Gasteiger partial charge in [0, 0.05) is 50.4 Å². The largest absolute Gasteiger partial charge is 0.436 e. The lowest BCUT2D eigenvalue weighted by atomic mass is 10.1. The molecule has 166 valence electrons. The van der Waals surface area contributed by atoms with E-state index in [0.29, 0.717) is 17.2 Å². The number of rotatable bonds is 6. The number of aromatic nitrogens is 1. The van der Waals surface area contributed by atoms with Crippen LogP contribution in [0.5, 0.6) is 0 Å². The number of carbonyl (C=O) groups excluding carboxylic acids is 1. The average molecular weight is 431 g/mol. The molecule has 2 saturated heterocycles. The van der Waals surface area contributed by atoms with Crippen molar-refractivity contribution in [2.24, 2.45) is 0 Å². The quantitative estimate of drug-likeness (QED) is 0.594. The number of nitrogens with zero attached hydrogens (tertiary/aromatic N) is 4. The van der Waals surface area contributed by atoms with Crippen LogP contribution in [0.1, 0.15) is 23.2 Å². The van der Waals surface area contributed by atoms with Crippen LogP contribution in [0.2, 0.25) is 0 Å². The molecular formula is C26H30N4O2. The third-order valence-corrected chi connectivity index (χ3v) is 6.54. The number of oxazole rings is 1. The molecule has 0 bridgehead atoms. The Labute approximate surface area is 189 Å². The normalized spacial score (nSPS) is 17.7. The van der Waals surface area contributed by atoms with Crippen LogP contribution in [0.25, 0.3) is 22.8 Å². The zero-order valence-electron chi connectivity index (χ0n) is 18.4. The van der Waals surface area contributed by atoms with E-state index in [-0.39, 0.29) is 5.91 Å². The molecule has 3 aromatic rings. The average Bonchev–Trinajstić information content (AvgIpc) is 3.56. The lowest BCUT2D eigenvalue weighted by molar-refractivity contribution is 0.0627. The summed E-state index contributed by atoms with van der Waals surface area (Å²) in [4.78, 5) is 24.8. The van der Waals surface area contributed by atoms with Gasteiger partial charge < -0.3 is 14.2 Å². The van der Waals surface area contributed by atoms with Crippen molar-refractivity contribution in [3.05, 3.63) is 66.4 Å². The van der Waals surface area contributed by atoms with E-state index in [9.17, 15) is 4.79 Å². The first-order chi connectivity index (χ1) is 15.8. The zero-order valence-corrected chi connectivity index (χ0v) is 18.4. The van der Waals surface area contributed by atoms with Gasteiger partial charge in [-0.2, -0.15) is 0 Å². The summed E-state index contributed by atoms with van der Waals surface area (Å²) in [7, 11) is 0. The molecule has 5 rings (SSSR count). The maximum absolute atomic E-state index is 13.4. The second-order valence-corrected chi connectivity index (χ2v) is 8.62. The SMILES string of the molecule is O=C(c1ccccc1-c1ncc(-c2ccccc2)o1)N1CCN(CCN2CCCC2)CC1. The van der Waals surface area contributed by atoms with Crippen LogP contribution < -0.4 is 0 Å². The summed E-state index contributed by atoms with van der Waals surface area (Å²) in [5.41, 5.74) is 2.37. The van der Waals surface area contributed by atoms with Gasteiger partial charge in [0.05, 0.1) is 11.8 Å². The predicted molar refractivity (Wildman–Crippen MR) is 125 cm³/mol. The molecule has 2 aliphatic heterocycles. The van der Waals surface area contributed by atoms with Gasteiger partial charge in [-0.15, -0.1) is 0 Å². The highest BCUT2D eigenvalue weighted by Gasteiger charge is 2.25. The van der Waals surface area contributed by atoms with Gasteiger partial charge in [-0.05, 0) is 38.1 Å². The molecule has 1 amide bonds. The summed E-state index contributed by atoms with van der Waals surface area (Å²) in [5, 5.41) is 0. The summed E-state index contributed by atoms with van der Waals surface area (Å²) < 4.78 is 6.04. The number of amides is 1. The van der Waals surface area contributed by atoms with Crippen molar-refractivity contribution in [3.8, 4) is 22.8 Å². The number of benzene rings is 2. The first-order valence-corrected chi connectivity index (χ1v) is 11.6. The topological polar surface area (TPSA) is 52.8 Å². The summed E-state index contributed by atoms with van der Waals surface area (Å²) in [6, 6.07) is 17.5. The molecule has 0 saturated carbocycles. The van der Waals surface area contributed by atoms with Crippen LogP contribution in [0.3, 0.4) is 0 Å². The number of hydrogen-bond acceptors (Lipinski definition) is 5. The van der Waals surface area contributed by atoms with Crippen molar-refractivity contribution in [1.29, 1.82) is 0 Å². The molecule has 32 heavy (non-hydrogen) atoms. The molecule has 0 spiro atoms. The van der Waals surface area contributed by atoms with E-state index >= 15 is 0 Å². The number of hydrogen-bond donors (Lipinski definition) is 0. The van der Waals surface area contributed by atoms with Crippen molar-refractivity contribution >= 4 is 5.91 Å². The van der Waals surface area contributed by atoms with Crippen LogP contribution in [-0.2, 0) is 0 Å². The Hall–Kier alpha value is -2.96. The van der Waals surface area contributed by atoms with Crippen LogP contribution >= 0.6 is 0 Å². The maximum atomic E-state index is 13.4. The standard InChI is InChI=1S/C26H30N4O2/c31-26(30-18-16-29(17-19-30)15-14-28-12-6-7-13-28)23-11-5-4-10-22(23)25-27-20-24(32-25)21-8-2-1-3-9-21/h1-5,8-11,20H,6-7,12-19H2. The molecule has 3 heterocycles. The minimum Gasteiger partial charge on any atom is -0.436 e. The van der Waals surface area contributed by atoms with Gasteiger partial charge in [0.15, 0.2) is 5.76 Å². The second kappa shape index (κ2) is 9.67. The predicted octanol–water partition coefficient (Wildman–Crippen LogP) is 3.86. The molecule has 0 aliphatic carbocycles. The van der Waals surface area contributed by atoms with E-state index in [1.165, 1.54) is 25.9 Å². The van der Waals surface area contributed by atoms with Crippen molar-refractivity contribution in [2.45, 2.75) is 12.8 Å². The molecule has 0 atom stereocenters.